The molecule has 130 valence electrons. The molecule has 0 saturated heterocycles. The Morgan fingerprint density at radius 3 is 2.50 bits per heavy atom. The lowest BCUT2D eigenvalue weighted by atomic mass is 10.1. The summed E-state index contributed by atoms with van der Waals surface area (Å²) in [5, 5.41) is 7.31. The molecule has 0 bridgehead atoms. The fourth-order valence-electron chi connectivity index (χ4n) is 2.32. The molecule has 2 aromatic rings. The zero-order valence-corrected chi connectivity index (χ0v) is 15.5. The van der Waals surface area contributed by atoms with E-state index in [1.54, 1.807) is 0 Å². The summed E-state index contributed by atoms with van der Waals surface area (Å²) < 4.78 is 5.64. The Morgan fingerprint density at radius 2 is 1.79 bits per heavy atom. The number of allylic oxidation sites excluding steroid dienone is 1. The maximum Gasteiger partial charge on any atom is 0.150 e. The molecule has 24 heavy (non-hydrogen) atoms. The molecule has 4 nitrogen and oxygen atoms in total. The van der Waals surface area contributed by atoms with Crippen LogP contribution in [0.15, 0.2) is 54.0 Å². The summed E-state index contributed by atoms with van der Waals surface area (Å²) in [4.78, 5) is 0. The van der Waals surface area contributed by atoms with E-state index in [1.165, 1.54) is 0 Å². The van der Waals surface area contributed by atoms with Crippen LogP contribution in [-0.4, -0.2) is 0 Å². The molecule has 0 atom stereocenters. The van der Waals surface area contributed by atoms with Crippen molar-refractivity contribution in [2.75, 3.05) is 5.32 Å². The van der Waals surface area contributed by atoms with Crippen molar-refractivity contribution in [1.29, 1.82) is 0 Å². The van der Waals surface area contributed by atoms with Crippen LogP contribution in [0.25, 0.3) is 0 Å². The largest absolute Gasteiger partial charge is 0.456 e. The van der Waals surface area contributed by atoms with Crippen molar-refractivity contribution < 1.29 is 4.74 Å². The van der Waals surface area contributed by atoms with Crippen LogP contribution >= 0.6 is 36.4 Å². The van der Waals surface area contributed by atoms with E-state index in [2.05, 4.69) is 16.7 Å². The molecule has 1 aliphatic heterocycles. The molecule has 0 spiro atoms. The minimum absolute atomic E-state index is 0. The van der Waals surface area contributed by atoms with Gasteiger partial charge in [0, 0.05) is 18.1 Å². The van der Waals surface area contributed by atoms with Gasteiger partial charge in [0.1, 0.15) is 11.6 Å². The molecule has 0 radical (unpaired) electrons. The highest BCUT2D eigenvalue weighted by Gasteiger charge is 2.14. The molecule has 0 fully saturated rings. The SMILES string of the molecule is CC1=C(N)Nc2cc(CNCc3cccc(Cl)c3)ccc2O1.Cl.Cl. The first-order chi connectivity index (χ1) is 10.6. The Morgan fingerprint density at radius 1 is 1.08 bits per heavy atom. The maximum atomic E-state index is 5.98. The average molecular weight is 389 g/mol. The van der Waals surface area contributed by atoms with Crippen molar-refractivity contribution in [2.24, 2.45) is 5.73 Å². The van der Waals surface area contributed by atoms with E-state index in [-0.39, 0.29) is 24.8 Å². The van der Waals surface area contributed by atoms with Crippen molar-refractivity contribution >= 4 is 42.1 Å². The molecule has 0 aliphatic carbocycles. The molecule has 0 saturated carbocycles. The normalized spacial score (nSPS) is 12.2. The van der Waals surface area contributed by atoms with E-state index in [4.69, 9.17) is 22.1 Å². The zero-order valence-electron chi connectivity index (χ0n) is 13.1. The minimum Gasteiger partial charge on any atom is -0.456 e. The molecule has 7 heteroatoms. The van der Waals surface area contributed by atoms with Gasteiger partial charge < -0.3 is 21.1 Å². The molecule has 0 amide bonds. The smallest absolute Gasteiger partial charge is 0.150 e. The number of benzene rings is 2. The van der Waals surface area contributed by atoms with Gasteiger partial charge in [-0.3, -0.25) is 0 Å². The summed E-state index contributed by atoms with van der Waals surface area (Å²) >= 11 is 5.98. The van der Waals surface area contributed by atoms with Crippen molar-refractivity contribution in [2.45, 2.75) is 20.0 Å². The van der Waals surface area contributed by atoms with Gasteiger partial charge in [-0.05, 0) is 42.3 Å². The molecule has 0 unspecified atom stereocenters. The molecule has 1 aliphatic rings. The Labute approximate surface area is 159 Å². The number of nitrogens with two attached hydrogens (primary N) is 1. The first-order valence-electron chi connectivity index (χ1n) is 7.11. The van der Waals surface area contributed by atoms with Gasteiger partial charge in [-0.1, -0.05) is 29.8 Å². The fourth-order valence-corrected chi connectivity index (χ4v) is 2.54. The molecular formula is C17H20Cl3N3O. The minimum atomic E-state index is 0. The third kappa shape index (κ3) is 4.95. The molecule has 0 aromatic heterocycles. The van der Waals surface area contributed by atoms with Gasteiger partial charge in [-0.15, -0.1) is 24.8 Å². The summed E-state index contributed by atoms with van der Waals surface area (Å²) in [6.45, 7) is 3.36. The highest BCUT2D eigenvalue weighted by atomic mass is 35.5. The van der Waals surface area contributed by atoms with Crippen molar-refractivity contribution in [3.63, 3.8) is 0 Å². The van der Waals surface area contributed by atoms with E-state index < -0.39 is 0 Å². The van der Waals surface area contributed by atoms with Gasteiger partial charge in [0.05, 0.1) is 5.69 Å². The van der Waals surface area contributed by atoms with Crippen LogP contribution in [0.2, 0.25) is 5.02 Å². The Kier molecular flexibility index (Phi) is 7.70. The van der Waals surface area contributed by atoms with Crippen molar-refractivity contribution in [3.8, 4) is 5.75 Å². The summed E-state index contributed by atoms with van der Waals surface area (Å²) in [5.41, 5.74) is 9.06. The van der Waals surface area contributed by atoms with E-state index in [1.807, 2.05) is 43.3 Å². The van der Waals surface area contributed by atoms with Crippen LogP contribution in [0, 0.1) is 0 Å². The number of fused-ring (bicyclic) bond motifs is 1. The summed E-state index contributed by atoms with van der Waals surface area (Å²) in [6.07, 6.45) is 0. The first-order valence-corrected chi connectivity index (χ1v) is 7.49. The predicted octanol–water partition coefficient (Wildman–Crippen LogP) is 4.43. The fraction of sp³-hybridized carbons (Fsp3) is 0.176. The van der Waals surface area contributed by atoms with Crippen LogP contribution in [0.4, 0.5) is 5.69 Å². The highest BCUT2D eigenvalue weighted by Crippen LogP contribution is 2.31. The lowest BCUT2D eigenvalue weighted by molar-refractivity contribution is 0.415. The number of anilines is 1. The zero-order chi connectivity index (χ0) is 15.5. The second-order valence-electron chi connectivity index (χ2n) is 5.26. The van der Waals surface area contributed by atoms with Crippen LogP contribution in [0.5, 0.6) is 5.75 Å². The van der Waals surface area contributed by atoms with E-state index in [0.29, 0.717) is 11.6 Å². The van der Waals surface area contributed by atoms with E-state index >= 15 is 0 Å². The lowest BCUT2D eigenvalue weighted by Gasteiger charge is -2.21. The third-order valence-electron chi connectivity index (χ3n) is 3.50. The van der Waals surface area contributed by atoms with Crippen LogP contribution in [0.1, 0.15) is 18.1 Å². The Hall–Kier alpha value is -1.59. The number of halogens is 3. The van der Waals surface area contributed by atoms with Crippen molar-refractivity contribution in [1.82, 2.24) is 5.32 Å². The highest BCUT2D eigenvalue weighted by molar-refractivity contribution is 6.30. The summed E-state index contributed by atoms with van der Waals surface area (Å²) in [6, 6.07) is 13.9. The Balaban J connectivity index is 0.00000144. The Bertz CT molecular complexity index is 735. The molecule has 1 heterocycles. The number of nitrogens with one attached hydrogen (secondary N) is 2. The van der Waals surface area contributed by atoms with Crippen molar-refractivity contribution in [3.05, 3.63) is 70.2 Å². The van der Waals surface area contributed by atoms with Crippen LogP contribution in [0.3, 0.4) is 0 Å². The van der Waals surface area contributed by atoms with Gasteiger partial charge in [0.15, 0.2) is 5.75 Å². The maximum absolute atomic E-state index is 5.98. The van der Waals surface area contributed by atoms with Gasteiger partial charge in [-0.25, -0.2) is 0 Å². The quantitative estimate of drug-likeness (QED) is 0.725. The monoisotopic (exact) mass is 387 g/mol. The standard InChI is InChI=1S/C17H18ClN3O.2ClH/c1-11-17(19)21-15-8-13(5-6-16(15)22-11)10-20-9-12-3-2-4-14(18)7-12;;/h2-8,20-21H,9-10,19H2,1H3;2*1H. The predicted molar refractivity (Wildman–Crippen MR) is 104 cm³/mol. The van der Waals surface area contributed by atoms with Gasteiger partial charge in [0.25, 0.3) is 0 Å². The van der Waals surface area contributed by atoms with E-state index in [0.717, 1.165) is 40.7 Å². The number of hydrogen-bond acceptors (Lipinski definition) is 4. The number of ether oxygens (including phenoxy) is 1. The average Bonchev–Trinajstić information content (AvgIpc) is 2.49. The molecule has 3 rings (SSSR count). The van der Waals surface area contributed by atoms with Gasteiger partial charge in [-0.2, -0.15) is 0 Å². The number of rotatable bonds is 4. The van der Waals surface area contributed by atoms with Gasteiger partial charge in [0.2, 0.25) is 0 Å². The topological polar surface area (TPSA) is 59.3 Å². The number of hydrogen-bond donors (Lipinski definition) is 3. The second kappa shape index (κ2) is 9.04. The van der Waals surface area contributed by atoms with Crippen LogP contribution in [-0.2, 0) is 13.1 Å². The second-order valence-corrected chi connectivity index (χ2v) is 5.70. The summed E-state index contributed by atoms with van der Waals surface area (Å²) in [7, 11) is 0. The molecule has 2 aromatic carbocycles. The molecular weight excluding hydrogens is 369 g/mol. The lowest BCUT2D eigenvalue weighted by Crippen LogP contribution is -2.19. The van der Waals surface area contributed by atoms with Gasteiger partial charge >= 0.3 is 0 Å². The molecule has 4 N–H and O–H groups in total. The first kappa shape index (κ1) is 20.5. The third-order valence-corrected chi connectivity index (χ3v) is 3.74. The summed E-state index contributed by atoms with van der Waals surface area (Å²) in [5.74, 6) is 2.04. The van der Waals surface area contributed by atoms with E-state index in [9.17, 15) is 0 Å². The van der Waals surface area contributed by atoms with Crippen LogP contribution < -0.4 is 21.1 Å².